The second-order valence-corrected chi connectivity index (χ2v) is 11.3. The normalized spacial score (nSPS) is 17.7. The third kappa shape index (κ3) is 5.62. The van der Waals surface area contributed by atoms with Crippen LogP contribution in [0.4, 0.5) is 5.95 Å². The van der Waals surface area contributed by atoms with Gasteiger partial charge in [0.1, 0.15) is 5.65 Å². The summed E-state index contributed by atoms with van der Waals surface area (Å²) in [5.41, 5.74) is 7.43. The fourth-order valence-electron chi connectivity index (χ4n) is 5.92. The van der Waals surface area contributed by atoms with Crippen LogP contribution < -0.4 is 5.32 Å². The van der Waals surface area contributed by atoms with E-state index in [1.54, 1.807) is 0 Å². The molecular weight excluding hydrogens is 468 g/mol. The van der Waals surface area contributed by atoms with Gasteiger partial charge in [0.2, 0.25) is 5.95 Å². The van der Waals surface area contributed by atoms with Gasteiger partial charge in [-0.3, -0.25) is 4.90 Å². The maximum absolute atomic E-state index is 5.06. The zero-order valence-corrected chi connectivity index (χ0v) is 22.9. The molecule has 6 nitrogen and oxygen atoms in total. The van der Waals surface area contributed by atoms with E-state index in [4.69, 9.17) is 9.97 Å². The van der Waals surface area contributed by atoms with Crippen molar-refractivity contribution in [3.63, 3.8) is 0 Å². The van der Waals surface area contributed by atoms with Crippen molar-refractivity contribution < 1.29 is 0 Å². The van der Waals surface area contributed by atoms with Gasteiger partial charge in [0, 0.05) is 68.7 Å². The average Bonchev–Trinajstić information content (AvgIpc) is 3.34. The fourth-order valence-corrected chi connectivity index (χ4v) is 5.92. The van der Waals surface area contributed by atoms with Gasteiger partial charge in [0.25, 0.3) is 0 Å². The molecule has 0 atom stereocenters. The SMILES string of the molecule is Cc1ccc(CNc2ncc3c(-c4ccc(CN5CCN(C)CC5)cc4)cn(C4CCCCC4)c3n2)cc1. The molecule has 1 aliphatic carbocycles. The highest BCUT2D eigenvalue weighted by atomic mass is 15.2. The number of aromatic nitrogens is 3. The van der Waals surface area contributed by atoms with E-state index in [0.717, 1.165) is 50.3 Å². The Bertz CT molecular complexity index is 1340. The minimum Gasteiger partial charge on any atom is -0.350 e. The van der Waals surface area contributed by atoms with E-state index in [-0.39, 0.29) is 0 Å². The van der Waals surface area contributed by atoms with Gasteiger partial charge >= 0.3 is 0 Å². The van der Waals surface area contributed by atoms with Crippen molar-refractivity contribution in [1.82, 2.24) is 24.3 Å². The number of piperazine rings is 1. The predicted molar refractivity (Wildman–Crippen MR) is 156 cm³/mol. The monoisotopic (exact) mass is 508 g/mol. The van der Waals surface area contributed by atoms with Crippen molar-refractivity contribution in [2.24, 2.45) is 0 Å². The van der Waals surface area contributed by atoms with Crippen molar-refractivity contribution in [2.75, 3.05) is 38.5 Å². The number of rotatable bonds is 7. The van der Waals surface area contributed by atoms with Crippen molar-refractivity contribution in [3.8, 4) is 11.1 Å². The van der Waals surface area contributed by atoms with Crippen LogP contribution in [0, 0.1) is 6.92 Å². The molecule has 1 saturated heterocycles. The molecule has 0 unspecified atom stereocenters. The number of hydrogen-bond donors (Lipinski definition) is 1. The van der Waals surface area contributed by atoms with Crippen LogP contribution >= 0.6 is 0 Å². The topological polar surface area (TPSA) is 49.2 Å². The first-order valence-corrected chi connectivity index (χ1v) is 14.3. The Kier molecular flexibility index (Phi) is 7.43. The molecule has 2 aliphatic rings. The second kappa shape index (κ2) is 11.3. The number of fused-ring (bicyclic) bond motifs is 1. The van der Waals surface area contributed by atoms with Crippen molar-refractivity contribution in [3.05, 3.63) is 77.6 Å². The van der Waals surface area contributed by atoms with Crippen molar-refractivity contribution in [1.29, 1.82) is 0 Å². The summed E-state index contributed by atoms with van der Waals surface area (Å²) in [4.78, 5) is 14.8. The van der Waals surface area contributed by atoms with E-state index in [0.29, 0.717) is 12.0 Å². The summed E-state index contributed by atoms with van der Waals surface area (Å²) in [6.45, 7) is 8.46. The van der Waals surface area contributed by atoms with Crippen LogP contribution in [0.25, 0.3) is 22.2 Å². The molecule has 1 N–H and O–H groups in total. The molecule has 1 aliphatic heterocycles. The fraction of sp³-hybridized carbons (Fsp3) is 0.438. The molecule has 6 heteroatoms. The molecule has 0 spiro atoms. The third-order valence-corrected chi connectivity index (χ3v) is 8.38. The van der Waals surface area contributed by atoms with Crippen LogP contribution in [0.5, 0.6) is 0 Å². The Hall–Kier alpha value is -3.22. The van der Waals surface area contributed by atoms with E-state index < -0.39 is 0 Å². The molecule has 2 aromatic carbocycles. The number of benzene rings is 2. The average molecular weight is 509 g/mol. The highest BCUT2D eigenvalue weighted by molar-refractivity contribution is 5.94. The number of aryl methyl sites for hydroxylation is 1. The molecule has 1 saturated carbocycles. The molecule has 0 radical (unpaired) electrons. The van der Waals surface area contributed by atoms with Gasteiger partial charge in [0.15, 0.2) is 0 Å². The first-order valence-electron chi connectivity index (χ1n) is 14.3. The standard InChI is InChI=1S/C32H40N6/c1-24-8-10-25(11-9-24)20-33-32-34-21-29-30(23-38(31(29)35-32)28-6-4-3-5-7-28)27-14-12-26(13-15-27)22-37-18-16-36(2)17-19-37/h8-15,21,23,28H,3-7,16-20,22H2,1-2H3,(H,33,34,35). The van der Waals surface area contributed by atoms with E-state index in [9.17, 15) is 0 Å². The first kappa shape index (κ1) is 25.1. The molecule has 4 aromatic rings. The maximum atomic E-state index is 5.06. The first-order chi connectivity index (χ1) is 18.6. The van der Waals surface area contributed by atoms with Crippen molar-refractivity contribution in [2.45, 2.75) is 58.2 Å². The van der Waals surface area contributed by atoms with Crippen LogP contribution in [0.2, 0.25) is 0 Å². The lowest BCUT2D eigenvalue weighted by Gasteiger charge is -2.32. The summed E-state index contributed by atoms with van der Waals surface area (Å²) in [5.74, 6) is 0.697. The maximum Gasteiger partial charge on any atom is 0.224 e. The molecule has 2 aromatic heterocycles. The molecule has 0 bridgehead atoms. The number of hydrogen-bond acceptors (Lipinski definition) is 5. The lowest BCUT2D eigenvalue weighted by atomic mass is 9.95. The van der Waals surface area contributed by atoms with Gasteiger partial charge in [0.05, 0.1) is 0 Å². The van der Waals surface area contributed by atoms with Gasteiger partial charge in [-0.05, 0) is 43.5 Å². The number of anilines is 1. The van der Waals surface area contributed by atoms with E-state index in [1.165, 1.54) is 59.9 Å². The van der Waals surface area contributed by atoms with E-state index in [1.807, 2.05) is 6.20 Å². The van der Waals surface area contributed by atoms with Crippen LogP contribution in [0.15, 0.2) is 60.9 Å². The Labute approximate surface area is 226 Å². The molecule has 2 fully saturated rings. The Morgan fingerprint density at radius 1 is 0.868 bits per heavy atom. The zero-order chi connectivity index (χ0) is 25.9. The predicted octanol–water partition coefficient (Wildman–Crippen LogP) is 6.27. The smallest absolute Gasteiger partial charge is 0.224 e. The van der Waals surface area contributed by atoms with Gasteiger partial charge < -0.3 is 14.8 Å². The summed E-state index contributed by atoms with van der Waals surface area (Å²) in [6, 6.07) is 18.3. The minimum atomic E-state index is 0.511. The number of likely N-dealkylation sites (N-methyl/N-ethyl adjacent to an activating group) is 1. The Morgan fingerprint density at radius 2 is 1.58 bits per heavy atom. The largest absolute Gasteiger partial charge is 0.350 e. The zero-order valence-electron chi connectivity index (χ0n) is 22.9. The van der Waals surface area contributed by atoms with Crippen LogP contribution in [0.3, 0.4) is 0 Å². The van der Waals surface area contributed by atoms with Gasteiger partial charge in [-0.1, -0.05) is 73.4 Å². The van der Waals surface area contributed by atoms with Gasteiger partial charge in [-0.2, -0.15) is 4.98 Å². The lowest BCUT2D eigenvalue weighted by molar-refractivity contribution is 0.148. The molecule has 3 heterocycles. The van der Waals surface area contributed by atoms with Crippen LogP contribution in [-0.2, 0) is 13.1 Å². The number of nitrogens with zero attached hydrogens (tertiary/aromatic N) is 5. The molecule has 38 heavy (non-hydrogen) atoms. The summed E-state index contributed by atoms with van der Waals surface area (Å²) < 4.78 is 2.45. The van der Waals surface area contributed by atoms with Crippen LogP contribution in [-0.4, -0.2) is 57.6 Å². The highest BCUT2D eigenvalue weighted by Gasteiger charge is 2.21. The Morgan fingerprint density at radius 3 is 2.32 bits per heavy atom. The Balaban J connectivity index is 1.26. The van der Waals surface area contributed by atoms with Gasteiger partial charge in [-0.25, -0.2) is 4.98 Å². The second-order valence-electron chi connectivity index (χ2n) is 11.3. The molecule has 198 valence electrons. The highest BCUT2D eigenvalue weighted by Crippen LogP contribution is 2.36. The number of nitrogens with one attached hydrogen (secondary N) is 1. The van der Waals surface area contributed by atoms with E-state index >= 15 is 0 Å². The summed E-state index contributed by atoms with van der Waals surface area (Å²) in [5, 5.41) is 4.60. The molecule has 6 rings (SSSR count). The van der Waals surface area contributed by atoms with Crippen LogP contribution in [0.1, 0.15) is 54.8 Å². The third-order valence-electron chi connectivity index (χ3n) is 8.38. The molecule has 0 amide bonds. The summed E-state index contributed by atoms with van der Waals surface area (Å²) >= 11 is 0. The summed E-state index contributed by atoms with van der Waals surface area (Å²) in [6.07, 6.45) is 10.7. The molecular formula is C32H40N6. The summed E-state index contributed by atoms with van der Waals surface area (Å²) in [7, 11) is 2.21. The minimum absolute atomic E-state index is 0.511. The quantitative estimate of drug-likeness (QED) is 0.319. The lowest BCUT2D eigenvalue weighted by Crippen LogP contribution is -2.43. The van der Waals surface area contributed by atoms with Gasteiger partial charge in [-0.15, -0.1) is 0 Å². The van der Waals surface area contributed by atoms with Crippen molar-refractivity contribution >= 4 is 17.0 Å². The van der Waals surface area contributed by atoms with E-state index in [2.05, 4.69) is 88.4 Å².